The number of piperazine rings is 1. The molecule has 0 amide bonds. The Hall–Kier alpha value is -1.62. The zero-order valence-electron chi connectivity index (χ0n) is 12.6. The number of nitrogens with zero attached hydrogens (tertiary/aromatic N) is 2. The minimum atomic E-state index is 0.0527. The van der Waals surface area contributed by atoms with Crippen LogP contribution >= 0.6 is 11.6 Å². The SMILES string of the molecule is COc1ccc(Cl)cc1C(c1ccccn1)N1CCNCC1. The summed E-state index contributed by atoms with van der Waals surface area (Å²) in [5, 5.41) is 4.11. The monoisotopic (exact) mass is 317 g/mol. The fourth-order valence-corrected chi connectivity index (χ4v) is 3.12. The van der Waals surface area contributed by atoms with E-state index >= 15 is 0 Å². The van der Waals surface area contributed by atoms with Crippen molar-refractivity contribution in [1.29, 1.82) is 0 Å². The van der Waals surface area contributed by atoms with Crippen LogP contribution in [0.3, 0.4) is 0 Å². The van der Waals surface area contributed by atoms with E-state index in [-0.39, 0.29) is 6.04 Å². The van der Waals surface area contributed by atoms with Crippen molar-refractivity contribution in [2.24, 2.45) is 0 Å². The van der Waals surface area contributed by atoms with E-state index in [0.717, 1.165) is 43.2 Å². The fourth-order valence-electron chi connectivity index (χ4n) is 2.94. The Balaban J connectivity index is 2.07. The number of rotatable bonds is 4. The molecule has 1 atom stereocenters. The molecule has 1 fully saturated rings. The van der Waals surface area contributed by atoms with Gasteiger partial charge in [0.05, 0.1) is 18.8 Å². The number of hydrogen-bond donors (Lipinski definition) is 1. The van der Waals surface area contributed by atoms with Gasteiger partial charge in [-0.05, 0) is 30.3 Å². The van der Waals surface area contributed by atoms with E-state index < -0.39 is 0 Å². The molecule has 1 unspecified atom stereocenters. The van der Waals surface area contributed by atoms with Crippen LogP contribution in [0.5, 0.6) is 5.75 Å². The van der Waals surface area contributed by atoms with Gasteiger partial charge in [0.2, 0.25) is 0 Å². The maximum Gasteiger partial charge on any atom is 0.124 e. The molecule has 0 radical (unpaired) electrons. The van der Waals surface area contributed by atoms with Crippen molar-refractivity contribution in [3.63, 3.8) is 0 Å². The molecule has 0 bridgehead atoms. The molecule has 3 rings (SSSR count). The zero-order valence-corrected chi connectivity index (χ0v) is 13.4. The van der Waals surface area contributed by atoms with Crippen LogP contribution in [0.15, 0.2) is 42.6 Å². The van der Waals surface area contributed by atoms with Crippen LogP contribution in [0.25, 0.3) is 0 Å². The molecule has 1 aliphatic heterocycles. The van der Waals surface area contributed by atoms with Crippen LogP contribution in [0, 0.1) is 0 Å². The van der Waals surface area contributed by atoms with Crippen LogP contribution in [0.2, 0.25) is 5.02 Å². The van der Waals surface area contributed by atoms with Crippen molar-refractivity contribution < 1.29 is 4.74 Å². The highest BCUT2D eigenvalue weighted by Crippen LogP contribution is 2.35. The molecule has 0 spiro atoms. The summed E-state index contributed by atoms with van der Waals surface area (Å²) in [4.78, 5) is 7.00. The molecule has 2 aromatic rings. The van der Waals surface area contributed by atoms with Crippen molar-refractivity contribution in [3.05, 3.63) is 58.9 Å². The number of halogens is 1. The van der Waals surface area contributed by atoms with Crippen LogP contribution in [-0.4, -0.2) is 43.2 Å². The number of ether oxygens (including phenoxy) is 1. The number of hydrogen-bond acceptors (Lipinski definition) is 4. The number of benzene rings is 1. The minimum absolute atomic E-state index is 0.0527. The maximum atomic E-state index is 6.24. The predicted octanol–water partition coefficient (Wildman–Crippen LogP) is 2.74. The Labute approximate surface area is 136 Å². The van der Waals surface area contributed by atoms with Gasteiger partial charge in [-0.15, -0.1) is 0 Å². The number of methoxy groups -OCH3 is 1. The molecule has 5 heteroatoms. The minimum Gasteiger partial charge on any atom is -0.496 e. The summed E-state index contributed by atoms with van der Waals surface area (Å²) in [6.07, 6.45) is 1.83. The molecule has 116 valence electrons. The second-order valence-electron chi connectivity index (χ2n) is 5.33. The Morgan fingerprint density at radius 2 is 2.05 bits per heavy atom. The molecule has 0 saturated carbocycles. The van der Waals surface area contributed by atoms with Crippen LogP contribution < -0.4 is 10.1 Å². The Morgan fingerprint density at radius 3 is 2.73 bits per heavy atom. The van der Waals surface area contributed by atoms with Crippen molar-refractivity contribution in [1.82, 2.24) is 15.2 Å². The largest absolute Gasteiger partial charge is 0.496 e. The predicted molar refractivity (Wildman–Crippen MR) is 88.5 cm³/mol. The van der Waals surface area contributed by atoms with E-state index in [4.69, 9.17) is 16.3 Å². The summed E-state index contributed by atoms with van der Waals surface area (Å²) < 4.78 is 5.56. The highest BCUT2D eigenvalue weighted by Gasteiger charge is 2.27. The quantitative estimate of drug-likeness (QED) is 0.941. The van der Waals surface area contributed by atoms with Crippen molar-refractivity contribution in [2.45, 2.75) is 6.04 Å². The third kappa shape index (κ3) is 3.24. The molecule has 0 aliphatic carbocycles. The van der Waals surface area contributed by atoms with Crippen LogP contribution in [0.1, 0.15) is 17.3 Å². The van der Waals surface area contributed by atoms with Gasteiger partial charge in [0.1, 0.15) is 5.75 Å². The molecule has 1 aliphatic rings. The highest BCUT2D eigenvalue weighted by molar-refractivity contribution is 6.30. The lowest BCUT2D eigenvalue weighted by molar-refractivity contribution is 0.192. The van der Waals surface area contributed by atoms with Gasteiger partial charge in [-0.1, -0.05) is 17.7 Å². The van der Waals surface area contributed by atoms with Gasteiger partial charge in [-0.25, -0.2) is 0 Å². The van der Waals surface area contributed by atoms with E-state index in [0.29, 0.717) is 5.02 Å². The molecular formula is C17H20ClN3O. The number of nitrogens with one attached hydrogen (secondary N) is 1. The molecule has 22 heavy (non-hydrogen) atoms. The standard InChI is InChI=1S/C17H20ClN3O/c1-22-16-6-5-13(18)12-14(16)17(15-4-2-3-7-20-15)21-10-8-19-9-11-21/h2-7,12,17,19H,8-11H2,1H3. The second kappa shape index (κ2) is 7.09. The molecule has 1 aromatic carbocycles. The number of aromatic nitrogens is 1. The first-order valence-electron chi connectivity index (χ1n) is 7.48. The summed E-state index contributed by atoms with van der Waals surface area (Å²) in [6, 6.07) is 11.8. The Bertz CT molecular complexity index is 615. The lowest BCUT2D eigenvalue weighted by Gasteiger charge is -2.35. The first-order valence-corrected chi connectivity index (χ1v) is 7.86. The lowest BCUT2D eigenvalue weighted by Crippen LogP contribution is -2.45. The first-order chi connectivity index (χ1) is 10.8. The molecule has 4 nitrogen and oxygen atoms in total. The zero-order chi connectivity index (χ0) is 15.4. The van der Waals surface area contributed by atoms with Crippen molar-refractivity contribution in [3.8, 4) is 5.75 Å². The van der Waals surface area contributed by atoms with Crippen LogP contribution in [0.4, 0.5) is 0 Å². The van der Waals surface area contributed by atoms with Gasteiger partial charge in [0, 0.05) is 43.0 Å². The topological polar surface area (TPSA) is 37.4 Å². The second-order valence-corrected chi connectivity index (χ2v) is 5.77. The fraction of sp³-hybridized carbons (Fsp3) is 0.353. The van der Waals surface area contributed by atoms with E-state index in [1.54, 1.807) is 7.11 Å². The third-order valence-corrected chi connectivity index (χ3v) is 4.21. The summed E-state index contributed by atoms with van der Waals surface area (Å²) in [6.45, 7) is 3.90. The first kappa shape index (κ1) is 15.3. The summed E-state index contributed by atoms with van der Waals surface area (Å²) in [5.74, 6) is 0.846. The lowest BCUT2D eigenvalue weighted by atomic mass is 9.99. The highest BCUT2D eigenvalue weighted by atomic mass is 35.5. The Morgan fingerprint density at radius 1 is 1.23 bits per heavy atom. The Kier molecular flexibility index (Phi) is 4.93. The number of pyridine rings is 1. The normalized spacial score (nSPS) is 17.2. The van der Waals surface area contributed by atoms with Gasteiger partial charge in [-0.3, -0.25) is 9.88 Å². The van der Waals surface area contributed by atoms with E-state index in [9.17, 15) is 0 Å². The van der Waals surface area contributed by atoms with E-state index in [2.05, 4.69) is 21.3 Å². The summed E-state index contributed by atoms with van der Waals surface area (Å²) >= 11 is 6.24. The third-order valence-electron chi connectivity index (χ3n) is 3.97. The van der Waals surface area contributed by atoms with Crippen molar-refractivity contribution >= 4 is 11.6 Å². The maximum absolute atomic E-state index is 6.24. The van der Waals surface area contributed by atoms with Gasteiger partial charge < -0.3 is 10.1 Å². The smallest absolute Gasteiger partial charge is 0.124 e. The molecule has 1 aromatic heterocycles. The van der Waals surface area contributed by atoms with Gasteiger partial charge >= 0.3 is 0 Å². The van der Waals surface area contributed by atoms with E-state index in [1.165, 1.54) is 0 Å². The van der Waals surface area contributed by atoms with Gasteiger partial charge in [-0.2, -0.15) is 0 Å². The van der Waals surface area contributed by atoms with Gasteiger partial charge in [0.25, 0.3) is 0 Å². The summed E-state index contributed by atoms with van der Waals surface area (Å²) in [7, 11) is 1.69. The average Bonchev–Trinajstić information content (AvgIpc) is 2.57. The van der Waals surface area contributed by atoms with Gasteiger partial charge in [0.15, 0.2) is 0 Å². The average molecular weight is 318 g/mol. The molecule has 1 N–H and O–H groups in total. The van der Waals surface area contributed by atoms with Crippen LogP contribution in [-0.2, 0) is 0 Å². The molecule has 2 heterocycles. The van der Waals surface area contributed by atoms with Crippen molar-refractivity contribution in [2.75, 3.05) is 33.3 Å². The molecular weight excluding hydrogens is 298 g/mol. The van der Waals surface area contributed by atoms with E-state index in [1.807, 2.05) is 36.5 Å². The summed E-state index contributed by atoms with van der Waals surface area (Å²) in [5.41, 5.74) is 2.08. The molecule has 1 saturated heterocycles.